The molecule has 0 aliphatic heterocycles. The molecule has 0 aliphatic carbocycles. The Morgan fingerprint density at radius 1 is 1.32 bits per heavy atom. The zero-order chi connectivity index (χ0) is 14.0. The first-order valence-electron chi connectivity index (χ1n) is 5.49. The van der Waals surface area contributed by atoms with E-state index < -0.39 is 15.8 Å². The maximum Gasteiger partial charge on any atom is 0.263 e. The van der Waals surface area contributed by atoms with E-state index in [1.807, 2.05) is 0 Å². The van der Waals surface area contributed by atoms with Gasteiger partial charge in [-0.15, -0.1) is 11.3 Å². The second-order valence-corrected chi connectivity index (χ2v) is 6.57. The minimum Gasteiger partial charge on any atom is -0.326 e. The molecule has 102 valence electrons. The molecule has 0 aliphatic rings. The summed E-state index contributed by atoms with van der Waals surface area (Å²) in [5.74, 6) is -0.419. The highest BCUT2D eigenvalue weighted by Gasteiger charge is 2.22. The van der Waals surface area contributed by atoms with Crippen LogP contribution >= 0.6 is 11.3 Å². The molecule has 1 aromatic heterocycles. The Bertz CT molecular complexity index is 678. The number of thiophene rings is 1. The standard InChI is InChI=1S/C12H13FN2O2S2/c1-8-7-18-11(6-14)12(8)19(16,17)15-10-4-2-9(13)3-5-10/h2-5,7,15H,6,14H2,1H3. The lowest BCUT2D eigenvalue weighted by atomic mass is 10.3. The van der Waals surface area contributed by atoms with Crippen LogP contribution in [0.2, 0.25) is 0 Å². The fourth-order valence-electron chi connectivity index (χ4n) is 1.71. The Kier molecular flexibility index (Phi) is 3.88. The van der Waals surface area contributed by atoms with Gasteiger partial charge >= 0.3 is 0 Å². The third kappa shape index (κ3) is 2.94. The summed E-state index contributed by atoms with van der Waals surface area (Å²) in [7, 11) is -3.70. The highest BCUT2D eigenvalue weighted by Crippen LogP contribution is 2.28. The molecule has 1 heterocycles. The Balaban J connectivity index is 2.37. The molecule has 0 saturated heterocycles. The summed E-state index contributed by atoms with van der Waals surface area (Å²) >= 11 is 1.31. The number of aryl methyl sites for hydroxylation is 1. The quantitative estimate of drug-likeness (QED) is 0.911. The van der Waals surface area contributed by atoms with Gasteiger partial charge in [-0.3, -0.25) is 4.72 Å². The Morgan fingerprint density at radius 3 is 2.53 bits per heavy atom. The van der Waals surface area contributed by atoms with Crippen molar-refractivity contribution < 1.29 is 12.8 Å². The van der Waals surface area contributed by atoms with Crippen LogP contribution in [-0.4, -0.2) is 8.42 Å². The van der Waals surface area contributed by atoms with Crippen LogP contribution in [0.25, 0.3) is 0 Å². The normalized spacial score (nSPS) is 11.5. The maximum atomic E-state index is 12.8. The first-order valence-corrected chi connectivity index (χ1v) is 7.86. The number of anilines is 1. The molecule has 19 heavy (non-hydrogen) atoms. The molecule has 2 rings (SSSR count). The first-order chi connectivity index (χ1) is 8.94. The van der Waals surface area contributed by atoms with E-state index in [4.69, 9.17) is 5.73 Å². The van der Waals surface area contributed by atoms with E-state index in [2.05, 4.69) is 4.72 Å². The van der Waals surface area contributed by atoms with Crippen molar-refractivity contribution in [2.75, 3.05) is 4.72 Å². The molecule has 4 nitrogen and oxygen atoms in total. The SMILES string of the molecule is Cc1csc(CN)c1S(=O)(=O)Nc1ccc(F)cc1. The van der Waals surface area contributed by atoms with Crippen molar-refractivity contribution >= 4 is 27.0 Å². The van der Waals surface area contributed by atoms with Crippen LogP contribution in [0.3, 0.4) is 0 Å². The molecule has 0 radical (unpaired) electrons. The van der Waals surface area contributed by atoms with Crippen LogP contribution in [0.4, 0.5) is 10.1 Å². The van der Waals surface area contributed by atoms with Crippen LogP contribution < -0.4 is 10.5 Å². The monoisotopic (exact) mass is 300 g/mol. The lowest BCUT2D eigenvalue weighted by Crippen LogP contribution is -2.15. The molecule has 2 aromatic rings. The van der Waals surface area contributed by atoms with Gasteiger partial charge in [0.15, 0.2) is 0 Å². The molecule has 0 saturated carbocycles. The van der Waals surface area contributed by atoms with Crippen molar-refractivity contribution in [1.82, 2.24) is 0 Å². The number of benzene rings is 1. The molecular formula is C12H13FN2O2S2. The number of nitrogens with one attached hydrogen (secondary N) is 1. The fourth-order valence-corrected chi connectivity index (χ4v) is 4.48. The predicted molar refractivity (Wildman–Crippen MR) is 74.2 cm³/mol. The molecule has 1 aromatic carbocycles. The molecule has 3 N–H and O–H groups in total. The van der Waals surface area contributed by atoms with Crippen LogP contribution in [0, 0.1) is 12.7 Å². The van der Waals surface area contributed by atoms with Gasteiger partial charge in [0, 0.05) is 17.1 Å². The topological polar surface area (TPSA) is 72.2 Å². The van der Waals surface area contributed by atoms with Crippen molar-refractivity contribution in [3.8, 4) is 0 Å². The molecule has 0 bridgehead atoms. The fraction of sp³-hybridized carbons (Fsp3) is 0.167. The molecule has 0 atom stereocenters. The number of hydrogen-bond acceptors (Lipinski definition) is 4. The lowest BCUT2D eigenvalue weighted by molar-refractivity contribution is 0.600. The molecule has 0 unspecified atom stereocenters. The third-order valence-electron chi connectivity index (χ3n) is 2.54. The number of nitrogens with two attached hydrogens (primary N) is 1. The molecule has 0 fully saturated rings. The number of halogens is 1. The summed E-state index contributed by atoms with van der Waals surface area (Å²) in [6, 6.07) is 5.14. The van der Waals surface area contributed by atoms with Gasteiger partial charge in [-0.25, -0.2) is 12.8 Å². The summed E-state index contributed by atoms with van der Waals surface area (Å²) in [4.78, 5) is 0.816. The van der Waals surface area contributed by atoms with E-state index in [0.29, 0.717) is 16.1 Å². The first kappa shape index (κ1) is 14.0. The van der Waals surface area contributed by atoms with Crippen molar-refractivity contribution in [3.05, 3.63) is 45.9 Å². The van der Waals surface area contributed by atoms with Gasteiger partial charge in [-0.05, 0) is 42.1 Å². The van der Waals surface area contributed by atoms with E-state index in [9.17, 15) is 12.8 Å². The van der Waals surface area contributed by atoms with E-state index in [-0.39, 0.29) is 11.4 Å². The Morgan fingerprint density at radius 2 is 1.95 bits per heavy atom. The van der Waals surface area contributed by atoms with E-state index in [1.54, 1.807) is 12.3 Å². The predicted octanol–water partition coefficient (Wildman–Crippen LogP) is 2.46. The summed E-state index contributed by atoms with van der Waals surface area (Å²) in [5.41, 5.74) is 6.51. The number of sulfonamides is 1. The Labute approximate surface area is 115 Å². The van der Waals surface area contributed by atoms with Gasteiger partial charge in [0.05, 0.1) is 0 Å². The van der Waals surface area contributed by atoms with Crippen LogP contribution in [0.5, 0.6) is 0 Å². The zero-order valence-electron chi connectivity index (χ0n) is 10.2. The number of hydrogen-bond donors (Lipinski definition) is 2. The summed E-state index contributed by atoms with van der Waals surface area (Å²) in [6.07, 6.45) is 0. The smallest absolute Gasteiger partial charge is 0.263 e. The van der Waals surface area contributed by atoms with E-state index in [0.717, 1.165) is 0 Å². The summed E-state index contributed by atoms with van der Waals surface area (Å²) in [6.45, 7) is 1.88. The van der Waals surface area contributed by atoms with Gasteiger partial charge < -0.3 is 5.73 Å². The summed E-state index contributed by atoms with van der Waals surface area (Å²) < 4.78 is 39.8. The van der Waals surface area contributed by atoms with Crippen LogP contribution in [0.15, 0.2) is 34.5 Å². The van der Waals surface area contributed by atoms with Crippen LogP contribution in [0.1, 0.15) is 10.4 Å². The second-order valence-electron chi connectivity index (χ2n) is 3.99. The molecule has 0 amide bonds. The van der Waals surface area contributed by atoms with Crippen LogP contribution in [-0.2, 0) is 16.6 Å². The minimum atomic E-state index is -3.70. The molecular weight excluding hydrogens is 287 g/mol. The lowest BCUT2D eigenvalue weighted by Gasteiger charge is -2.09. The van der Waals surface area contributed by atoms with Gasteiger partial charge in [-0.2, -0.15) is 0 Å². The molecule has 0 spiro atoms. The highest BCUT2D eigenvalue weighted by atomic mass is 32.2. The van der Waals surface area contributed by atoms with E-state index in [1.165, 1.54) is 35.6 Å². The maximum absolute atomic E-state index is 12.8. The van der Waals surface area contributed by atoms with Gasteiger partial charge in [-0.1, -0.05) is 0 Å². The van der Waals surface area contributed by atoms with Gasteiger partial charge in [0.25, 0.3) is 10.0 Å². The van der Waals surface area contributed by atoms with Crippen molar-refractivity contribution in [1.29, 1.82) is 0 Å². The van der Waals surface area contributed by atoms with Crippen molar-refractivity contribution in [2.24, 2.45) is 5.73 Å². The van der Waals surface area contributed by atoms with Crippen molar-refractivity contribution in [3.63, 3.8) is 0 Å². The van der Waals surface area contributed by atoms with Gasteiger partial charge in [0.2, 0.25) is 0 Å². The second kappa shape index (κ2) is 5.28. The minimum absolute atomic E-state index is 0.165. The third-order valence-corrected chi connectivity index (χ3v) is 5.41. The van der Waals surface area contributed by atoms with Gasteiger partial charge in [0.1, 0.15) is 10.7 Å². The Hall–Kier alpha value is -1.44. The highest BCUT2D eigenvalue weighted by molar-refractivity contribution is 7.93. The van der Waals surface area contributed by atoms with Crippen molar-refractivity contribution in [2.45, 2.75) is 18.4 Å². The average Bonchev–Trinajstić information content (AvgIpc) is 2.74. The zero-order valence-corrected chi connectivity index (χ0v) is 11.8. The molecule has 7 heteroatoms. The number of rotatable bonds is 4. The summed E-state index contributed by atoms with van der Waals surface area (Å²) in [5, 5.41) is 1.75. The van der Waals surface area contributed by atoms with E-state index >= 15 is 0 Å². The average molecular weight is 300 g/mol. The largest absolute Gasteiger partial charge is 0.326 e.